The number of carbonyl (C=O) groups is 2. The lowest BCUT2D eigenvalue weighted by molar-refractivity contribution is 0.0220. The Kier molecular flexibility index (Phi) is 4.74. The fourth-order valence-electron chi connectivity index (χ4n) is 2.46. The number of ether oxygens (including phenoxy) is 2. The Bertz CT molecular complexity index is 575. The molecule has 0 saturated carbocycles. The van der Waals surface area contributed by atoms with Gasteiger partial charge in [0, 0.05) is 6.54 Å². The van der Waals surface area contributed by atoms with E-state index in [0.29, 0.717) is 31.7 Å². The smallest absolute Gasteiger partial charge is 0.410 e. The lowest BCUT2D eigenvalue weighted by Crippen LogP contribution is -2.40. The number of carbonyl (C=O) groups excluding carboxylic acids is 2. The molecule has 0 N–H and O–H groups in total. The van der Waals surface area contributed by atoms with Gasteiger partial charge in [0.1, 0.15) is 5.60 Å². The van der Waals surface area contributed by atoms with Crippen molar-refractivity contribution in [3.63, 3.8) is 0 Å². The average molecular weight is 305 g/mol. The zero-order valence-corrected chi connectivity index (χ0v) is 13.6. The molecule has 1 heterocycles. The zero-order valence-electron chi connectivity index (χ0n) is 13.6. The summed E-state index contributed by atoms with van der Waals surface area (Å²) in [5.74, 6) is -0.342. The summed E-state index contributed by atoms with van der Waals surface area (Å²) >= 11 is 0. The van der Waals surface area contributed by atoms with Gasteiger partial charge in [0.2, 0.25) is 0 Å². The van der Waals surface area contributed by atoms with E-state index in [0.717, 1.165) is 11.1 Å². The third kappa shape index (κ3) is 3.78. The first-order valence-corrected chi connectivity index (χ1v) is 7.57. The third-order valence-electron chi connectivity index (χ3n) is 3.42. The lowest BCUT2D eigenvalue weighted by atomic mass is 9.95. The molecule has 5 heteroatoms. The van der Waals surface area contributed by atoms with Gasteiger partial charge in [-0.25, -0.2) is 9.59 Å². The van der Waals surface area contributed by atoms with Crippen molar-refractivity contribution >= 4 is 12.1 Å². The summed E-state index contributed by atoms with van der Waals surface area (Å²) in [5, 5.41) is 0. The van der Waals surface area contributed by atoms with Crippen molar-refractivity contribution in [2.75, 3.05) is 13.2 Å². The third-order valence-corrected chi connectivity index (χ3v) is 3.42. The van der Waals surface area contributed by atoms with E-state index in [9.17, 15) is 9.59 Å². The van der Waals surface area contributed by atoms with Crippen molar-refractivity contribution in [2.45, 2.75) is 46.3 Å². The molecule has 1 amide bonds. The van der Waals surface area contributed by atoms with Crippen molar-refractivity contribution in [1.29, 1.82) is 0 Å². The van der Waals surface area contributed by atoms with Crippen LogP contribution in [0.25, 0.3) is 0 Å². The van der Waals surface area contributed by atoms with Gasteiger partial charge in [-0.2, -0.15) is 0 Å². The molecular formula is C17H23NO4. The number of benzene rings is 1. The molecule has 0 atom stereocenters. The second-order valence-corrected chi connectivity index (χ2v) is 6.32. The molecule has 120 valence electrons. The summed E-state index contributed by atoms with van der Waals surface area (Å²) in [6, 6.07) is 5.59. The van der Waals surface area contributed by atoms with Crippen LogP contribution in [0.5, 0.6) is 0 Å². The largest absolute Gasteiger partial charge is 0.462 e. The fraction of sp³-hybridized carbons (Fsp3) is 0.529. The summed E-state index contributed by atoms with van der Waals surface area (Å²) in [5.41, 5.74) is 1.95. The second kappa shape index (κ2) is 6.38. The monoisotopic (exact) mass is 305 g/mol. The van der Waals surface area contributed by atoms with E-state index in [4.69, 9.17) is 9.47 Å². The Morgan fingerprint density at radius 1 is 1.27 bits per heavy atom. The number of esters is 1. The number of amides is 1. The van der Waals surface area contributed by atoms with E-state index in [1.54, 1.807) is 17.9 Å². The predicted octanol–water partition coefficient (Wildman–Crippen LogP) is 3.16. The van der Waals surface area contributed by atoms with E-state index >= 15 is 0 Å². The maximum atomic E-state index is 12.2. The van der Waals surface area contributed by atoms with Crippen LogP contribution in [0.3, 0.4) is 0 Å². The topological polar surface area (TPSA) is 55.8 Å². The highest BCUT2D eigenvalue weighted by Gasteiger charge is 2.28. The summed E-state index contributed by atoms with van der Waals surface area (Å²) in [4.78, 5) is 25.9. The minimum Gasteiger partial charge on any atom is -0.462 e. The Morgan fingerprint density at radius 3 is 2.64 bits per heavy atom. The minimum atomic E-state index is -0.530. The molecule has 0 fully saturated rings. The van der Waals surface area contributed by atoms with Crippen LogP contribution in [0.4, 0.5) is 4.79 Å². The first-order valence-electron chi connectivity index (χ1n) is 7.57. The highest BCUT2D eigenvalue weighted by atomic mass is 16.6. The summed E-state index contributed by atoms with van der Waals surface area (Å²) in [7, 11) is 0. The molecule has 0 aliphatic carbocycles. The molecule has 2 rings (SSSR count). The Labute approximate surface area is 131 Å². The van der Waals surface area contributed by atoms with Crippen LogP contribution in [-0.2, 0) is 22.4 Å². The normalized spacial score (nSPS) is 14.3. The molecule has 0 unspecified atom stereocenters. The summed E-state index contributed by atoms with van der Waals surface area (Å²) < 4.78 is 10.5. The first-order chi connectivity index (χ1) is 10.3. The summed E-state index contributed by atoms with van der Waals surface area (Å²) in [6.45, 7) is 8.60. The lowest BCUT2D eigenvalue weighted by Gasteiger charge is -2.32. The molecule has 1 aliphatic heterocycles. The molecule has 0 aromatic heterocycles. The molecule has 0 radical (unpaired) electrons. The van der Waals surface area contributed by atoms with E-state index < -0.39 is 5.60 Å². The zero-order chi connectivity index (χ0) is 16.3. The van der Waals surface area contributed by atoms with Gasteiger partial charge in [-0.05, 0) is 51.3 Å². The van der Waals surface area contributed by atoms with Crippen LogP contribution < -0.4 is 0 Å². The van der Waals surface area contributed by atoms with Crippen molar-refractivity contribution < 1.29 is 19.1 Å². The molecule has 5 nitrogen and oxygen atoms in total. The number of hydrogen-bond donors (Lipinski definition) is 0. The average Bonchev–Trinajstić information content (AvgIpc) is 2.44. The van der Waals surface area contributed by atoms with Gasteiger partial charge in [0.05, 0.1) is 18.7 Å². The molecule has 0 saturated heterocycles. The molecule has 1 aromatic carbocycles. The summed E-state index contributed by atoms with van der Waals surface area (Å²) in [6.07, 6.45) is 0.360. The number of fused-ring (bicyclic) bond motifs is 1. The standard InChI is InChI=1S/C17H23NO4/c1-5-21-15(19)13-8-6-7-12-9-10-18(11-14(12)13)16(20)22-17(2,3)4/h6-8H,5,9-11H2,1-4H3. The van der Waals surface area contributed by atoms with Gasteiger partial charge < -0.3 is 14.4 Å². The van der Waals surface area contributed by atoms with Crippen molar-refractivity contribution in [3.05, 3.63) is 34.9 Å². The quantitative estimate of drug-likeness (QED) is 0.788. The number of rotatable bonds is 2. The molecule has 22 heavy (non-hydrogen) atoms. The Morgan fingerprint density at radius 2 is 2.00 bits per heavy atom. The van der Waals surface area contributed by atoms with Crippen molar-refractivity contribution in [1.82, 2.24) is 4.90 Å². The van der Waals surface area contributed by atoms with E-state index in [-0.39, 0.29) is 12.1 Å². The van der Waals surface area contributed by atoms with Crippen LogP contribution in [0, 0.1) is 0 Å². The molecule has 0 bridgehead atoms. The second-order valence-electron chi connectivity index (χ2n) is 6.32. The van der Waals surface area contributed by atoms with E-state index in [1.807, 2.05) is 32.9 Å². The van der Waals surface area contributed by atoms with Gasteiger partial charge in [0.25, 0.3) is 0 Å². The molecule has 1 aromatic rings. The maximum absolute atomic E-state index is 12.2. The van der Waals surface area contributed by atoms with E-state index in [1.165, 1.54) is 0 Å². The Balaban J connectivity index is 2.21. The fourth-order valence-corrected chi connectivity index (χ4v) is 2.46. The maximum Gasteiger partial charge on any atom is 0.410 e. The van der Waals surface area contributed by atoms with Crippen molar-refractivity contribution in [3.8, 4) is 0 Å². The highest BCUT2D eigenvalue weighted by molar-refractivity contribution is 5.91. The minimum absolute atomic E-state index is 0.332. The number of hydrogen-bond acceptors (Lipinski definition) is 4. The van der Waals surface area contributed by atoms with Gasteiger partial charge in [-0.3, -0.25) is 0 Å². The molecular weight excluding hydrogens is 282 g/mol. The van der Waals surface area contributed by atoms with Crippen LogP contribution in [0.1, 0.15) is 49.2 Å². The van der Waals surface area contributed by atoms with Gasteiger partial charge in [-0.15, -0.1) is 0 Å². The van der Waals surface area contributed by atoms with Crippen LogP contribution >= 0.6 is 0 Å². The van der Waals surface area contributed by atoms with Crippen LogP contribution in [-0.4, -0.2) is 35.7 Å². The SMILES string of the molecule is CCOC(=O)c1cccc2c1CN(C(=O)OC(C)(C)C)CC2. The first kappa shape index (κ1) is 16.3. The molecule has 1 aliphatic rings. The highest BCUT2D eigenvalue weighted by Crippen LogP contribution is 2.24. The van der Waals surface area contributed by atoms with Gasteiger partial charge in [0.15, 0.2) is 0 Å². The van der Waals surface area contributed by atoms with Crippen LogP contribution in [0.15, 0.2) is 18.2 Å². The van der Waals surface area contributed by atoms with Crippen molar-refractivity contribution in [2.24, 2.45) is 0 Å². The molecule has 0 spiro atoms. The van der Waals surface area contributed by atoms with E-state index in [2.05, 4.69) is 0 Å². The van der Waals surface area contributed by atoms with Gasteiger partial charge >= 0.3 is 12.1 Å². The number of nitrogens with zero attached hydrogens (tertiary/aromatic N) is 1. The Hall–Kier alpha value is -2.04. The van der Waals surface area contributed by atoms with Gasteiger partial charge in [-0.1, -0.05) is 12.1 Å². The predicted molar refractivity (Wildman–Crippen MR) is 82.7 cm³/mol. The van der Waals surface area contributed by atoms with Crippen LogP contribution in [0.2, 0.25) is 0 Å².